The Morgan fingerprint density at radius 2 is 2.05 bits per heavy atom. The van der Waals surface area contributed by atoms with Crippen LogP contribution in [-0.2, 0) is 6.18 Å². The van der Waals surface area contributed by atoms with Gasteiger partial charge in [-0.1, -0.05) is 13.3 Å². The van der Waals surface area contributed by atoms with Crippen molar-refractivity contribution in [3.8, 4) is 0 Å². The summed E-state index contributed by atoms with van der Waals surface area (Å²) in [6, 6.07) is 3.15. The van der Waals surface area contributed by atoms with E-state index in [4.69, 9.17) is 0 Å². The van der Waals surface area contributed by atoms with Crippen molar-refractivity contribution in [1.29, 1.82) is 0 Å². The SMILES string of the molecule is CC1CCCC1NC(=O)c1cc(C(F)(F)F)ccc1Br. The summed E-state index contributed by atoms with van der Waals surface area (Å²) in [7, 11) is 0. The molecule has 0 radical (unpaired) electrons. The number of rotatable bonds is 2. The molecule has 2 unspecified atom stereocenters. The lowest BCUT2D eigenvalue weighted by Crippen LogP contribution is -2.36. The smallest absolute Gasteiger partial charge is 0.349 e. The van der Waals surface area contributed by atoms with E-state index in [1.54, 1.807) is 0 Å². The molecule has 1 aromatic carbocycles. The van der Waals surface area contributed by atoms with Gasteiger partial charge in [0.25, 0.3) is 5.91 Å². The van der Waals surface area contributed by atoms with Gasteiger partial charge in [-0.05, 0) is 52.9 Å². The number of alkyl halides is 3. The van der Waals surface area contributed by atoms with Gasteiger partial charge in [0.2, 0.25) is 0 Å². The minimum absolute atomic E-state index is 0.0268. The molecule has 6 heteroatoms. The zero-order valence-electron chi connectivity index (χ0n) is 10.9. The van der Waals surface area contributed by atoms with E-state index in [9.17, 15) is 18.0 Å². The van der Waals surface area contributed by atoms with Crippen LogP contribution in [0.4, 0.5) is 13.2 Å². The number of carbonyl (C=O) groups excluding carboxylic acids is 1. The van der Waals surface area contributed by atoms with Gasteiger partial charge < -0.3 is 5.32 Å². The molecule has 0 saturated heterocycles. The first kappa shape index (κ1) is 15.4. The lowest BCUT2D eigenvalue weighted by molar-refractivity contribution is -0.137. The predicted octanol–water partition coefficient (Wildman–Crippen LogP) is 4.39. The fourth-order valence-electron chi connectivity index (χ4n) is 2.48. The zero-order valence-corrected chi connectivity index (χ0v) is 12.5. The van der Waals surface area contributed by atoms with Gasteiger partial charge in [0.15, 0.2) is 0 Å². The van der Waals surface area contributed by atoms with Gasteiger partial charge in [-0.2, -0.15) is 13.2 Å². The van der Waals surface area contributed by atoms with Gasteiger partial charge in [-0.3, -0.25) is 4.79 Å². The van der Waals surface area contributed by atoms with Crippen LogP contribution in [0.25, 0.3) is 0 Å². The Bertz CT molecular complexity index is 516. The van der Waals surface area contributed by atoms with Crippen molar-refractivity contribution in [1.82, 2.24) is 5.32 Å². The number of nitrogens with one attached hydrogen (secondary N) is 1. The van der Waals surface area contributed by atoms with Crippen LogP contribution < -0.4 is 5.32 Å². The van der Waals surface area contributed by atoms with Crippen molar-refractivity contribution in [2.24, 2.45) is 5.92 Å². The fourth-order valence-corrected chi connectivity index (χ4v) is 2.91. The summed E-state index contributed by atoms with van der Waals surface area (Å²) in [5, 5.41) is 2.83. The molecule has 1 aliphatic carbocycles. The van der Waals surface area contributed by atoms with Crippen LogP contribution >= 0.6 is 15.9 Å². The second-order valence-corrected chi connectivity index (χ2v) is 6.03. The van der Waals surface area contributed by atoms with Crippen LogP contribution in [0.15, 0.2) is 22.7 Å². The van der Waals surface area contributed by atoms with E-state index < -0.39 is 17.6 Å². The molecule has 0 aliphatic heterocycles. The molecule has 110 valence electrons. The molecule has 1 fully saturated rings. The van der Waals surface area contributed by atoms with Crippen molar-refractivity contribution in [2.45, 2.75) is 38.4 Å². The monoisotopic (exact) mass is 349 g/mol. The predicted molar refractivity (Wildman–Crippen MR) is 73.4 cm³/mol. The number of benzene rings is 1. The zero-order chi connectivity index (χ0) is 14.9. The van der Waals surface area contributed by atoms with Crippen LogP contribution in [0.2, 0.25) is 0 Å². The van der Waals surface area contributed by atoms with Crippen LogP contribution in [0.1, 0.15) is 42.1 Å². The topological polar surface area (TPSA) is 29.1 Å². The molecule has 1 aliphatic rings. The standard InChI is InChI=1S/C14H15BrF3NO/c1-8-3-2-4-12(8)19-13(20)10-7-9(14(16,17)18)5-6-11(10)15/h5-8,12H,2-4H2,1H3,(H,19,20). The van der Waals surface area contributed by atoms with E-state index >= 15 is 0 Å². The number of hydrogen-bond donors (Lipinski definition) is 1. The van der Waals surface area contributed by atoms with Crippen molar-refractivity contribution >= 4 is 21.8 Å². The highest BCUT2D eigenvalue weighted by atomic mass is 79.9. The van der Waals surface area contributed by atoms with Crippen LogP contribution in [0.5, 0.6) is 0 Å². The molecule has 0 aromatic heterocycles. The molecular formula is C14H15BrF3NO. The molecule has 1 amide bonds. The summed E-state index contributed by atoms with van der Waals surface area (Å²) in [5.41, 5.74) is -0.788. The van der Waals surface area contributed by atoms with Gasteiger partial charge in [-0.25, -0.2) is 0 Å². The molecule has 0 spiro atoms. The number of halogens is 4. The Morgan fingerprint density at radius 3 is 2.60 bits per heavy atom. The minimum Gasteiger partial charge on any atom is -0.349 e. The maximum absolute atomic E-state index is 12.7. The largest absolute Gasteiger partial charge is 0.416 e. The third-order valence-electron chi connectivity index (χ3n) is 3.72. The van der Waals surface area contributed by atoms with E-state index in [-0.39, 0.29) is 11.6 Å². The van der Waals surface area contributed by atoms with Crippen molar-refractivity contribution < 1.29 is 18.0 Å². The minimum atomic E-state index is -4.45. The van der Waals surface area contributed by atoms with E-state index in [0.717, 1.165) is 31.4 Å². The highest BCUT2D eigenvalue weighted by molar-refractivity contribution is 9.10. The third kappa shape index (κ3) is 3.34. The Kier molecular flexibility index (Phi) is 4.42. The molecule has 2 nitrogen and oxygen atoms in total. The normalized spacial score (nSPS) is 22.9. The Labute approximate surface area is 123 Å². The summed E-state index contributed by atoms with van der Waals surface area (Å²) in [6.07, 6.45) is -1.50. The summed E-state index contributed by atoms with van der Waals surface area (Å²) >= 11 is 3.13. The quantitative estimate of drug-likeness (QED) is 0.842. The Balaban J connectivity index is 2.20. The van der Waals surface area contributed by atoms with Gasteiger partial charge in [0.05, 0.1) is 11.1 Å². The third-order valence-corrected chi connectivity index (χ3v) is 4.41. The second-order valence-electron chi connectivity index (χ2n) is 5.18. The molecule has 2 rings (SSSR count). The average Bonchev–Trinajstić information content (AvgIpc) is 2.74. The molecule has 1 N–H and O–H groups in total. The molecule has 20 heavy (non-hydrogen) atoms. The van der Waals surface area contributed by atoms with Crippen molar-refractivity contribution in [2.75, 3.05) is 0 Å². The molecule has 1 aromatic rings. The summed E-state index contributed by atoms with van der Waals surface area (Å²) in [6.45, 7) is 2.04. The fraction of sp³-hybridized carbons (Fsp3) is 0.500. The first-order valence-electron chi connectivity index (χ1n) is 6.46. The van der Waals surface area contributed by atoms with Crippen LogP contribution in [-0.4, -0.2) is 11.9 Å². The molecule has 1 saturated carbocycles. The van der Waals surface area contributed by atoms with Crippen LogP contribution in [0, 0.1) is 5.92 Å². The second kappa shape index (κ2) is 5.76. The summed E-state index contributed by atoms with van der Waals surface area (Å²) < 4.78 is 38.4. The molecule has 2 atom stereocenters. The molecular weight excluding hydrogens is 335 g/mol. The van der Waals surface area contributed by atoms with Crippen LogP contribution in [0.3, 0.4) is 0 Å². The summed E-state index contributed by atoms with van der Waals surface area (Å²) in [5.74, 6) is -0.0924. The van der Waals surface area contributed by atoms with Gasteiger partial charge in [-0.15, -0.1) is 0 Å². The van der Waals surface area contributed by atoms with Gasteiger partial charge in [0.1, 0.15) is 0 Å². The lowest BCUT2D eigenvalue weighted by atomic mass is 10.1. The van der Waals surface area contributed by atoms with Crippen molar-refractivity contribution in [3.63, 3.8) is 0 Å². The lowest BCUT2D eigenvalue weighted by Gasteiger charge is -2.18. The molecule has 0 heterocycles. The van der Waals surface area contributed by atoms with Gasteiger partial charge >= 0.3 is 6.18 Å². The first-order chi connectivity index (χ1) is 9.29. The highest BCUT2D eigenvalue weighted by Crippen LogP contribution is 2.32. The summed E-state index contributed by atoms with van der Waals surface area (Å²) in [4.78, 5) is 12.1. The number of carbonyl (C=O) groups is 1. The Morgan fingerprint density at radius 1 is 1.35 bits per heavy atom. The number of hydrogen-bond acceptors (Lipinski definition) is 1. The number of amides is 1. The van der Waals surface area contributed by atoms with E-state index in [1.807, 2.05) is 6.92 Å². The van der Waals surface area contributed by atoms with E-state index in [2.05, 4.69) is 21.2 Å². The highest BCUT2D eigenvalue weighted by Gasteiger charge is 2.32. The van der Waals surface area contributed by atoms with E-state index in [0.29, 0.717) is 10.4 Å². The van der Waals surface area contributed by atoms with Gasteiger partial charge in [0, 0.05) is 10.5 Å². The van der Waals surface area contributed by atoms with Crippen molar-refractivity contribution in [3.05, 3.63) is 33.8 Å². The average molecular weight is 350 g/mol. The maximum Gasteiger partial charge on any atom is 0.416 e. The first-order valence-corrected chi connectivity index (χ1v) is 7.26. The van der Waals surface area contributed by atoms with E-state index in [1.165, 1.54) is 6.07 Å². The maximum atomic E-state index is 12.7. The molecule has 0 bridgehead atoms. The Hall–Kier alpha value is -1.04.